The molecule has 3 bridgehead atoms. The lowest BCUT2D eigenvalue weighted by molar-refractivity contribution is -0.135. The van der Waals surface area contributed by atoms with Gasteiger partial charge in [0.15, 0.2) is 0 Å². The number of allylic oxidation sites excluding steroid dienone is 1. The number of aromatic carboxylic acids is 1. The number of piperazine rings is 1. The van der Waals surface area contributed by atoms with Crippen molar-refractivity contribution in [2.75, 3.05) is 39.3 Å². The van der Waals surface area contributed by atoms with Crippen LogP contribution in [-0.2, 0) is 20.9 Å². The van der Waals surface area contributed by atoms with Crippen LogP contribution in [0.5, 0.6) is 0 Å². The molecular formula is C34H43N3O5. The Balaban J connectivity index is 0.942. The number of carboxylic acids is 1. The topological polar surface area (TPSA) is 99.2 Å². The summed E-state index contributed by atoms with van der Waals surface area (Å²) in [6.07, 6.45) is 11.9. The number of carbonyl (C=O) groups is 3. The van der Waals surface area contributed by atoms with Gasteiger partial charge in [-0.15, -0.1) is 0 Å². The fraction of sp³-hybridized carbons (Fsp3) is 0.559. The molecule has 0 aromatic heterocycles. The van der Waals surface area contributed by atoms with E-state index in [-0.39, 0.29) is 35.9 Å². The molecule has 1 aromatic carbocycles. The average Bonchev–Trinajstić information content (AvgIpc) is 3.30. The van der Waals surface area contributed by atoms with Gasteiger partial charge in [0.25, 0.3) is 0 Å². The summed E-state index contributed by atoms with van der Waals surface area (Å²) in [6.45, 7) is 11.5. The summed E-state index contributed by atoms with van der Waals surface area (Å²) in [6, 6.07) is 6.59. The molecule has 4 aliphatic carbocycles. The van der Waals surface area contributed by atoms with E-state index in [0.717, 1.165) is 28.9 Å². The first-order valence-corrected chi connectivity index (χ1v) is 15.4. The van der Waals surface area contributed by atoms with Gasteiger partial charge in [-0.25, -0.2) is 4.79 Å². The maximum atomic E-state index is 13.0. The number of rotatable bonds is 12. The van der Waals surface area contributed by atoms with E-state index in [1.165, 1.54) is 38.5 Å². The number of carboxylic acid groups (broad SMARTS) is 1. The van der Waals surface area contributed by atoms with Crippen molar-refractivity contribution in [3.8, 4) is 0 Å². The Bertz CT molecular complexity index is 1290. The van der Waals surface area contributed by atoms with Crippen molar-refractivity contribution in [2.45, 2.75) is 51.6 Å². The SMILES string of the molecule is C=C/C(CN1CCN(C(=O)CNC(=O)CC23CC4CC5CC(C2)C5(C4)C3)CC1)=C(\C=C)OCc1ccc(C(=O)O)cc1. The second-order valence-corrected chi connectivity index (χ2v) is 13.5. The van der Waals surface area contributed by atoms with Crippen LogP contribution in [0.15, 0.2) is 60.9 Å². The maximum absolute atomic E-state index is 13.0. The third-order valence-electron chi connectivity index (χ3n) is 11.0. The third kappa shape index (κ3) is 5.41. The number of nitrogens with zero attached hydrogens (tertiary/aromatic N) is 2. The molecule has 4 saturated carbocycles. The average molecular weight is 574 g/mol. The quantitative estimate of drug-likeness (QED) is 0.284. The summed E-state index contributed by atoms with van der Waals surface area (Å²) in [7, 11) is 0. The van der Waals surface area contributed by atoms with Crippen LogP contribution in [0.2, 0.25) is 0 Å². The van der Waals surface area contributed by atoms with Gasteiger partial charge in [0.1, 0.15) is 12.4 Å². The molecule has 1 spiro atoms. The zero-order valence-corrected chi connectivity index (χ0v) is 24.5. The molecule has 5 aliphatic rings. The largest absolute Gasteiger partial charge is 0.489 e. The molecule has 8 heteroatoms. The van der Waals surface area contributed by atoms with Gasteiger partial charge in [0.05, 0.1) is 12.1 Å². The summed E-state index contributed by atoms with van der Waals surface area (Å²) in [5.41, 5.74) is 2.76. The van der Waals surface area contributed by atoms with Gasteiger partial charge in [-0.3, -0.25) is 14.5 Å². The first kappa shape index (κ1) is 28.7. The van der Waals surface area contributed by atoms with Crippen molar-refractivity contribution in [1.82, 2.24) is 15.1 Å². The van der Waals surface area contributed by atoms with E-state index in [2.05, 4.69) is 23.4 Å². The summed E-state index contributed by atoms with van der Waals surface area (Å²) < 4.78 is 5.99. The Morgan fingerprint density at radius 3 is 2.45 bits per heavy atom. The zero-order chi connectivity index (χ0) is 29.5. The van der Waals surface area contributed by atoms with Crippen molar-refractivity contribution in [2.24, 2.45) is 28.6 Å². The second kappa shape index (κ2) is 11.4. The van der Waals surface area contributed by atoms with E-state index < -0.39 is 5.97 Å². The lowest BCUT2D eigenvalue weighted by Gasteiger charge is -2.49. The molecule has 5 fully saturated rings. The highest BCUT2D eigenvalue weighted by Gasteiger charge is 2.70. The summed E-state index contributed by atoms with van der Waals surface area (Å²) in [5, 5.41) is 12.1. The van der Waals surface area contributed by atoms with Gasteiger partial charge in [-0.05, 0) is 90.9 Å². The number of nitrogens with one attached hydrogen (secondary N) is 1. The lowest BCUT2D eigenvalue weighted by Crippen LogP contribution is -2.51. The molecule has 1 heterocycles. The van der Waals surface area contributed by atoms with E-state index in [0.29, 0.717) is 50.3 Å². The fourth-order valence-electron chi connectivity index (χ4n) is 9.26. The molecule has 2 N–H and O–H groups in total. The van der Waals surface area contributed by atoms with Gasteiger partial charge in [-0.1, -0.05) is 31.4 Å². The van der Waals surface area contributed by atoms with Crippen molar-refractivity contribution in [3.63, 3.8) is 0 Å². The molecule has 5 atom stereocenters. The van der Waals surface area contributed by atoms with E-state index in [4.69, 9.17) is 9.84 Å². The van der Waals surface area contributed by atoms with Crippen molar-refractivity contribution in [3.05, 3.63) is 72.0 Å². The first-order chi connectivity index (χ1) is 20.2. The number of hydrogen-bond donors (Lipinski definition) is 2. The summed E-state index contributed by atoms with van der Waals surface area (Å²) >= 11 is 0. The van der Waals surface area contributed by atoms with Crippen LogP contribution in [-0.4, -0.2) is 72.0 Å². The van der Waals surface area contributed by atoms with Crippen molar-refractivity contribution >= 4 is 17.8 Å². The van der Waals surface area contributed by atoms with Gasteiger partial charge in [-0.2, -0.15) is 0 Å². The van der Waals surface area contributed by atoms with Crippen LogP contribution in [0.4, 0.5) is 0 Å². The summed E-state index contributed by atoms with van der Waals surface area (Å²) in [4.78, 5) is 41.1. The molecule has 1 aromatic rings. The number of amides is 2. The number of fused-ring (bicyclic) bond motifs is 2. The van der Waals surface area contributed by atoms with Crippen LogP contribution in [0, 0.1) is 28.6 Å². The molecule has 2 amide bonds. The molecule has 1 saturated heterocycles. The lowest BCUT2D eigenvalue weighted by atomic mass is 9.55. The number of benzene rings is 1. The van der Waals surface area contributed by atoms with E-state index in [1.54, 1.807) is 36.4 Å². The summed E-state index contributed by atoms with van der Waals surface area (Å²) in [5.74, 6) is 2.31. The zero-order valence-electron chi connectivity index (χ0n) is 24.5. The van der Waals surface area contributed by atoms with Crippen molar-refractivity contribution < 1.29 is 24.2 Å². The van der Waals surface area contributed by atoms with Crippen LogP contribution in [0.25, 0.3) is 0 Å². The van der Waals surface area contributed by atoms with Crippen LogP contribution in [0.3, 0.4) is 0 Å². The highest BCUT2D eigenvalue weighted by Crippen LogP contribution is 2.79. The smallest absolute Gasteiger partial charge is 0.335 e. The minimum atomic E-state index is -0.960. The number of hydrogen-bond acceptors (Lipinski definition) is 5. The molecule has 42 heavy (non-hydrogen) atoms. The molecule has 5 unspecified atom stereocenters. The molecule has 1 aliphatic heterocycles. The first-order valence-electron chi connectivity index (χ1n) is 15.4. The molecular weight excluding hydrogens is 530 g/mol. The van der Waals surface area contributed by atoms with Gasteiger partial charge >= 0.3 is 5.97 Å². The van der Waals surface area contributed by atoms with E-state index >= 15 is 0 Å². The minimum absolute atomic E-state index is 0.0159. The van der Waals surface area contributed by atoms with Crippen LogP contribution in [0.1, 0.15) is 60.9 Å². The predicted molar refractivity (Wildman–Crippen MR) is 159 cm³/mol. The highest BCUT2D eigenvalue weighted by molar-refractivity contribution is 5.87. The van der Waals surface area contributed by atoms with Crippen molar-refractivity contribution in [1.29, 1.82) is 0 Å². The van der Waals surface area contributed by atoms with E-state index in [9.17, 15) is 14.4 Å². The predicted octanol–water partition coefficient (Wildman–Crippen LogP) is 4.39. The molecule has 8 nitrogen and oxygen atoms in total. The highest BCUT2D eigenvalue weighted by atomic mass is 16.5. The van der Waals surface area contributed by atoms with Gasteiger partial charge < -0.3 is 20.1 Å². The Morgan fingerprint density at radius 1 is 1.00 bits per heavy atom. The molecule has 224 valence electrons. The third-order valence-corrected chi connectivity index (χ3v) is 11.0. The Labute approximate surface area is 248 Å². The molecule has 6 rings (SSSR count). The second-order valence-electron chi connectivity index (χ2n) is 13.5. The number of carbonyl (C=O) groups excluding carboxylic acids is 2. The van der Waals surface area contributed by atoms with E-state index in [1.807, 2.05) is 4.90 Å². The number of ether oxygens (including phenoxy) is 1. The Hall–Kier alpha value is -3.39. The monoisotopic (exact) mass is 573 g/mol. The van der Waals surface area contributed by atoms with Crippen LogP contribution >= 0.6 is 0 Å². The maximum Gasteiger partial charge on any atom is 0.335 e. The normalized spacial score (nSPS) is 31.5. The minimum Gasteiger partial charge on any atom is -0.489 e. The Morgan fingerprint density at radius 2 is 1.76 bits per heavy atom. The Kier molecular flexibility index (Phi) is 7.77. The van der Waals surface area contributed by atoms with Gasteiger partial charge in [0.2, 0.25) is 11.8 Å². The van der Waals surface area contributed by atoms with Crippen LogP contribution < -0.4 is 5.32 Å². The van der Waals surface area contributed by atoms with Gasteiger partial charge in [0, 0.05) is 44.7 Å². The standard InChI is InChI=1S/C34H43N3O5/c1-3-25(29(4-2)42-21-23-5-7-26(8-6-23)32(40)41)20-36-9-11-37(12-10-36)31(39)19-35-30(38)18-33-15-24-13-27-14-28(17-33)34(27,16-24)22-33/h3-8,24,27-28H,1-2,9-22H2,(H,35,38)(H,40,41)/b29-25-. The molecule has 0 radical (unpaired) electrons. The fourth-order valence-corrected chi connectivity index (χ4v) is 9.26.